The van der Waals surface area contributed by atoms with E-state index in [2.05, 4.69) is 37.2 Å². The van der Waals surface area contributed by atoms with Crippen LogP contribution < -0.4 is 5.32 Å². The Hall–Kier alpha value is -0.420. The molecule has 16 heavy (non-hydrogen) atoms. The third-order valence-corrected chi connectivity index (χ3v) is 2.84. The summed E-state index contributed by atoms with van der Waals surface area (Å²) < 4.78 is 13.5. The molecule has 5 heteroatoms. The van der Waals surface area contributed by atoms with Gasteiger partial charge in [0.2, 0.25) is 5.91 Å². The van der Waals surface area contributed by atoms with Crippen molar-refractivity contribution in [3.63, 3.8) is 0 Å². The van der Waals surface area contributed by atoms with Crippen molar-refractivity contribution < 1.29 is 9.18 Å². The molecule has 0 aliphatic heterocycles. The van der Waals surface area contributed by atoms with Crippen LogP contribution in [0.25, 0.3) is 0 Å². The SMILES string of the molecule is CC(C)(Br)C(=O)NCc1cc(Br)ccc1F. The Morgan fingerprint density at radius 2 is 2.12 bits per heavy atom. The van der Waals surface area contributed by atoms with Crippen molar-refractivity contribution in [1.82, 2.24) is 5.32 Å². The minimum absolute atomic E-state index is 0.174. The van der Waals surface area contributed by atoms with Gasteiger partial charge in [-0.1, -0.05) is 31.9 Å². The highest BCUT2D eigenvalue weighted by molar-refractivity contribution is 9.10. The number of hydrogen-bond donors (Lipinski definition) is 1. The van der Waals surface area contributed by atoms with Gasteiger partial charge in [-0.2, -0.15) is 0 Å². The number of amides is 1. The van der Waals surface area contributed by atoms with Crippen molar-refractivity contribution in [2.24, 2.45) is 0 Å². The van der Waals surface area contributed by atoms with Crippen molar-refractivity contribution in [2.75, 3.05) is 0 Å². The maximum Gasteiger partial charge on any atom is 0.236 e. The molecule has 0 bridgehead atoms. The van der Waals surface area contributed by atoms with E-state index >= 15 is 0 Å². The molecular formula is C11H12Br2FNO. The van der Waals surface area contributed by atoms with Gasteiger partial charge in [-0.25, -0.2) is 4.39 Å². The highest BCUT2D eigenvalue weighted by Crippen LogP contribution is 2.18. The van der Waals surface area contributed by atoms with Crippen LogP contribution in [0.1, 0.15) is 19.4 Å². The Bertz CT molecular complexity index is 401. The second-order valence-electron chi connectivity index (χ2n) is 3.89. The lowest BCUT2D eigenvalue weighted by molar-refractivity contribution is -0.122. The largest absolute Gasteiger partial charge is 0.351 e. The molecular weight excluding hydrogens is 341 g/mol. The van der Waals surface area contributed by atoms with Crippen molar-refractivity contribution >= 4 is 37.8 Å². The first kappa shape index (κ1) is 13.6. The highest BCUT2D eigenvalue weighted by atomic mass is 79.9. The first-order valence-electron chi connectivity index (χ1n) is 4.72. The Morgan fingerprint density at radius 3 is 2.69 bits per heavy atom. The number of benzene rings is 1. The third-order valence-electron chi connectivity index (χ3n) is 1.99. The molecule has 0 aliphatic rings. The number of halogens is 3. The predicted octanol–water partition coefficient (Wildman–Crippen LogP) is 3.38. The number of alkyl halides is 1. The van der Waals surface area contributed by atoms with E-state index in [1.54, 1.807) is 26.0 Å². The molecule has 1 N–H and O–H groups in total. The molecule has 0 atom stereocenters. The van der Waals surface area contributed by atoms with E-state index in [1.165, 1.54) is 6.07 Å². The average molecular weight is 353 g/mol. The maximum absolute atomic E-state index is 13.3. The van der Waals surface area contributed by atoms with Gasteiger partial charge in [-0.3, -0.25) is 4.79 Å². The zero-order chi connectivity index (χ0) is 12.3. The number of carbonyl (C=O) groups is 1. The van der Waals surface area contributed by atoms with Gasteiger partial charge in [0.25, 0.3) is 0 Å². The van der Waals surface area contributed by atoms with Crippen LogP contribution in [-0.4, -0.2) is 10.2 Å². The molecule has 0 radical (unpaired) electrons. The van der Waals surface area contributed by atoms with Crippen LogP contribution in [0.3, 0.4) is 0 Å². The van der Waals surface area contributed by atoms with Crippen LogP contribution >= 0.6 is 31.9 Å². The molecule has 0 saturated heterocycles. The third kappa shape index (κ3) is 3.87. The van der Waals surface area contributed by atoms with Crippen LogP contribution in [0.2, 0.25) is 0 Å². The average Bonchev–Trinajstić information content (AvgIpc) is 2.17. The lowest BCUT2D eigenvalue weighted by Gasteiger charge is -2.16. The molecule has 1 aromatic rings. The Kier molecular flexibility index (Phi) is 4.50. The van der Waals surface area contributed by atoms with Crippen molar-refractivity contribution in [3.05, 3.63) is 34.1 Å². The standard InChI is InChI=1S/C11H12Br2FNO/c1-11(2,13)10(16)15-6-7-5-8(12)3-4-9(7)14/h3-5H,6H2,1-2H3,(H,15,16). The van der Waals surface area contributed by atoms with Crippen LogP contribution in [0, 0.1) is 5.82 Å². The fourth-order valence-corrected chi connectivity index (χ4v) is 1.61. The van der Waals surface area contributed by atoms with E-state index in [0.29, 0.717) is 5.56 Å². The maximum atomic E-state index is 13.3. The number of carbonyl (C=O) groups excluding carboxylic acids is 1. The van der Waals surface area contributed by atoms with Gasteiger partial charge in [0.05, 0.1) is 4.32 Å². The summed E-state index contributed by atoms with van der Waals surface area (Å²) in [6, 6.07) is 4.64. The van der Waals surface area contributed by atoms with Crippen LogP contribution in [0.4, 0.5) is 4.39 Å². The number of rotatable bonds is 3. The molecule has 1 rings (SSSR count). The van der Waals surface area contributed by atoms with Gasteiger partial charge in [0.1, 0.15) is 5.82 Å². The van der Waals surface area contributed by atoms with E-state index in [0.717, 1.165) is 4.47 Å². The summed E-state index contributed by atoms with van der Waals surface area (Å²) in [6.45, 7) is 3.65. The quantitative estimate of drug-likeness (QED) is 0.830. The fourth-order valence-electron chi connectivity index (χ4n) is 1.06. The summed E-state index contributed by atoms with van der Waals surface area (Å²) in [5.74, 6) is -0.497. The Labute approximate surface area is 111 Å². The van der Waals surface area contributed by atoms with Crippen LogP contribution in [0.5, 0.6) is 0 Å². The smallest absolute Gasteiger partial charge is 0.236 e. The zero-order valence-electron chi connectivity index (χ0n) is 8.98. The van der Waals surface area contributed by atoms with E-state index in [4.69, 9.17) is 0 Å². The van der Waals surface area contributed by atoms with E-state index in [9.17, 15) is 9.18 Å². The summed E-state index contributed by atoms with van der Waals surface area (Å²) in [7, 11) is 0. The molecule has 1 amide bonds. The van der Waals surface area contributed by atoms with Gasteiger partial charge in [0.15, 0.2) is 0 Å². The molecule has 88 valence electrons. The van der Waals surface area contributed by atoms with Gasteiger partial charge in [0, 0.05) is 16.6 Å². The fraction of sp³-hybridized carbons (Fsp3) is 0.364. The number of nitrogens with one attached hydrogen (secondary N) is 1. The Morgan fingerprint density at radius 1 is 1.50 bits per heavy atom. The van der Waals surface area contributed by atoms with Crippen LogP contribution in [-0.2, 0) is 11.3 Å². The molecule has 1 aromatic carbocycles. The minimum atomic E-state index is -0.643. The molecule has 0 unspecified atom stereocenters. The number of hydrogen-bond acceptors (Lipinski definition) is 1. The van der Waals surface area contributed by atoms with Crippen LogP contribution in [0.15, 0.2) is 22.7 Å². The van der Waals surface area contributed by atoms with Crippen molar-refractivity contribution in [3.8, 4) is 0 Å². The summed E-state index contributed by atoms with van der Waals surface area (Å²) in [4.78, 5) is 11.5. The topological polar surface area (TPSA) is 29.1 Å². The van der Waals surface area contributed by atoms with Crippen molar-refractivity contribution in [2.45, 2.75) is 24.7 Å². The summed E-state index contributed by atoms with van der Waals surface area (Å²) >= 11 is 6.49. The molecule has 0 fully saturated rings. The lowest BCUT2D eigenvalue weighted by atomic mass is 10.2. The highest BCUT2D eigenvalue weighted by Gasteiger charge is 2.23. The van der Waals surface area contributed by atoms with Crippen molar-refractivity contribution in [1.29, 1.82) is 0 Å². The van der Waals surface area contributed by atoms with E-state index < -0.39 is 4.32 Å². The van der Waals surface area contributed by atoms with Gasteiger partial charge >= 0.3 is 0 Å². The second kappa shape index (κ2) is 5.27. The van der Waals surface area contributed by atoms with Gasteiger partial charge in [-0.15, -0.1) is 0 Å². The van der Waals surface area contributed by atoms with Gasteiger partial charge in [-0.05, 0) is 32.0 Å². The summed E-state index contributed by atoms with van der Waals surface area (Å²) in [6.07, 6.45) is 0. The van der Waals surface area contributed by atoms with Gasteiger partial charge < -0.3 is 5.32 Å². The molecule has 0 aromatic heterocycles. The normalized spacial score (nSPS) is 11.3. The Balaban J connectivity index is 2.68. The molecule has 0 heterocycles. The van der Waals surface area contributed by atoms with E-state index in [1.807, 2.05) is 0 Å². The molecule has 0 spiro atoms. The zero-order valence-corrected chi connectivity index (χ0v) is 12.2. The second-order valence-corrected chi connectivity index (χ2v) is 6.79. The molecule has 0 saturated carbocycles. The summed E-state index contributed by atoms with van der Waals surface area (Å²) in [5, 5.41) is 2.66. The first-order valence-corrected chi connectivity index (χ1v) is 6.30. The monoisotopic (exact) mass is 351 g/mol. The lowest BCUT2D eigenvalue weighted by Crippen LogP contribution is -2.37. The predicted molar refractivity (Wildman–Crippen MR) is 69.0 cm³/mol. The molecule has 2 nitrogen and oxygen atoms in total. The molecule has 0 aliphatic carbocycles. The van der Waals surface area contributed by atoms with E-state index in [-0.39, 0.29) is 18.3 Å². The summed E-state index contributed by atoms with van der Waals surface area (Å²) in [5.41, 5.74) is 0.458. The first-order chi connectivity index (χ1) is 7.30. The minimum Gasteiger partial charge on any atom is -0.351 e.